The van der Waals surface area contributed by atoms with Crippen LogP contribution >= 0.6 is 0 Å². The zero-order valence-corrected chi connectivity index (χ0v) is 16.5. The smallest absolute Gasteiger partial charge is 0.231 e. The molecule has 4 saturated heterocycles. The van der Waals surface area contributed by atoms with E-state index in [-0.39, 0.29) is 0 Å². The topological polar surface area (TPSA) is 50.7 Å². The van der Waals surface area contributed by atoms with Crippen molar-refractivity contribution >= 4 is 5.95 Å². The maximum absolute atomic E-state index is 5.67. The predicted octanol–water partition coefficient (Wildman–Crippen LogP) is 2.89. The molecule has 0 aliphatic carbocycles. The van der Waals surface area contributed by atoms with Gasteiger partial charge < -0.3 is 14.4 Å². The van der Waals surface area contributed by atoms with Crippen molar-refractivity contribution in [3.05, 3.63) is 41.2 Å². The van der Waals surface area contributed by atoms with Crippen molar-refractivity contribution in [2.75, 3.05) is 31.3 Å². The van der Waals surface area contributed by atoms with Gasteiger partial charge in [0.1, 0.15) is 0 Å². The van der Waals surface area contributed by atoms with Crippen LogP contribution in [0.4, 0.5) is 5.95 Å². The molecule has 2 bridgehead atoms. The van der Waals surface area contributed by atoms with Crippen molar-refractivity contribution in [3.8, 4) is 11.5 Å². The van der Waals surface area contributed by atoms with E-state index in [0.29, 0.717) is 24.8 Å². The SMILES string of the molecule is Cc1cc(C)nc(N2C[C@@H](c3ccc4c(c3)OCO4)[C@@H]3[C@H]2C2CCN3CC2)n1. The summed E-state index contributed by atoms with van der Waals surface area (Å²) in [7, 11) is 0. The molecular weight excluding hydrogens is 352 g/mol. The van der Waals surface area contributed by atoms with Crippen molar-refractivity contribution in [2.24, 2.45) is 5.92 Å². The number of nitrogens with zero attached hydrogens (tertiary/aromatic N) is 4. The van der Waals surface area contributed by atoms with Gasteiger partial charge in [0, 0.05) is 29.9 Å². The van der Waals surface area contributed by atoms with Gasteiger partial charge in [-0.15, -0.1) is 0 Å². The van der Waals surface area contributed by atoms with Crippen LogP contribution in [0.3, 0.4) is 0 Å². The molecule has 2 aromatic rings. The number of hydrogen-bond acceptors (Lipinski definition) is 6. The highest BCUT2D eigenvalue weighted by molar-refractivity contribution is 5.49. The van der Waals surface area contributed by atoms with Crippen molar-refractivity contribution in [1.29, 1.82) is 0 Å². The number of hydrogen-bond donors (Lipinski definition) is 0. The van der Waals surface area contributed by atoms with Gasteiger partial charge in [-0.3, -0.25) is 4.90 Å². The van der Waals surface area contributed by atoms with Gasteiger partial charge in [-0.2, -0.15) is 0 Å². The van der Waals surface area contributed by atoms with Crippen molar-refractivity contribution in [1.82, 2.24) is 14.9 Å². The van der Waals surface area contributed by atoms with Gasteiger partial charge in [0.25, 0.3) is 0 Å². The molecule has 5 aliphatic rings. The lowest BCUT2D eigenvalue weighted by Crippen LogP contribution is -2.60. The third kappa shape index (κ3) is 2.43. The maximum Gasteiger partial charge on any atom is 0.231 e. The number of aromatic nitrogens is 2. The Labute approximate surface area is 165 Å². The lowest BCUT2D eigenvalue weighted by Gasteiger charge is -2.51. The fourth-order valence-corrected chi connectivity index (χ4v) is 5.92. The molecule has 0 amide bonds. The van der Waals surface area contributed by atoms with Crippen molar-refractivity contribution in [2.45, 2.75) is 44.7 Å². The Hall–Kier alpha value is -2.34. The molecule has 5 aliphatic heterocycles. The molecule has 6 nitrogen and oxygen atoms in total. The summed E-state index contributed by atoms with van der Waals surface area (Å²) in [6.45, 7) is 7.86. The van der Waals surface area contributed by atoms with E-state index < -0.39 is 0 Å². The first-order chi connectivity index (χ1) is 13.7. The zero-order valence-electron chi connectivity index (χ0n) is 16.5. The van der Waals surface area contributed by atoms with Gasteiger partial charge in [-0.25, -0.2) is 9.97 Å². The Balaban J connectivity index is 1.42. The molecule has 146 valence electrons. The second-order valence-corrected chi connectivity index (χ2v) is 8.68. The molecule has 0 N–H and O–H groups in total. The number of rotatable bonds is 2. The van der Waals surface area contributed by atoms with Gasteiger partial charge in [0.15, 0.2) is 11.5 Å². The quantitative estimate of drug-likeness (QED) is 0.801. The average Bonchev–Trinajstić information content (AvgIpc) is 3.33. The number of piperidine rings is 3. The summed E-state index contributed by atoms with van der Waals surface area (Å²) < 4.78 is 11.2. The molecule has 6 heteroatoms. The number of ether oxygens (including phenoxy) is 2. The summed E-state index contributed by atoms with van der Waals surface area (Å²) in [6.07, 6.45) is 2.58. The van der Waals surface area contributed by atoms with Gasteiger partial charge in [-0.1, -0.05) is 6.07 Å². The van der Waals surface area contributed by atoms with Gasteiger partial charge in [-0.05, 0) is 69.5 Å². The first-order valence-electron chi connectivity index (χ1n) is 10.4. The van der Waals surface area contributed by atoms with E-state index in [0.717, 1.165) is 41.3 Å². The minimum atomic E-state index is 0.326. The third-order valence-corrected chi connectivity index (χ3v) is 7.05. The van der Waals surface area contributed by atoms with E-state index in [1.54, 1.807) is 0 Å². The lowest BCUT2D eigenvalue weighted by molar-refractivity contribution is 0.0353. The van der Waals surface area contributed by atoms with E-state index in [4.69, 9.17) is 19.4 Å². The molecule has 28 heavy (non-hydrogen) atoms. The monoisotopic (exact) mass is 378 g/mol. The van der Waals surface area contributed by atoms with Crippen molar-refractivity contribution < 1.29 is 9.47 Å². The Morgan fingerprint density at radius 2 is 1.68 bits per heavy atom. The Morgan fingerprint density at radius 1 is 0.929 bits per heavy atom. The summed E-state index contributed by atoms with van der Waals surface area (Å²) in [4.78, 5) is 14.9. The van der Waals surface area contributed by atoms with Crippen LogP contribution in [-0.2, 0) is 0 Å². The Bertz CT molecular complexity index is 904. The highest BCUT2D eigenvalue weighted by Crippen LogP contribution is 2.48. The lowest BCUT2D eigenvalue weighted by atomic mass is 9.75. The number of anilines is 1. The van der Waals surface area contributed by atoms with E-state index in [9.17, 15) is 0 Å². The van der Waals surface area contributed by atoms with Gasteiger partial charge in [0.2, 0.25) is 12.7 Å². The van der Waals surface area contributed by atoms with Crippen LogP contribution in [0.5, 0.6) is 11.5 Å². The molecule has 0 radical (unpaired) electrons. The molecule has 1 aromatic heterocycles. The largest absolute Gasteiger partial charge is 0.454 e. The minimum absolute atomic E-state index is 0.326. The summed E-state index contributed by atoms with van der Waals surface area (Å²) in [5, 5.41) is 0. The third-order valence-electron chi connectivity index (χ3n) is 7.05. The molecule has 6 heterocycles. The van der Waals surface area contributed by atoms with E-state index >= 15 is 0 Å². The van der Waals surface area contributed by atoms with Crippen LogP contribution in [-0.4, -0.2) is 53.4 Å². The van der Waals surface area contributed by atoms with Gasteiger partial charge >= 0.3 is 0 Å². The fraction of sp³-hybridized carbons (Fsp3) is 0.545. The molecular formula is C22H26N4O2. The van der Waals surface area contributed by atoms with Crippen LogP contribution in [0.15, 0.2) is 24.3 Å². The summed E-state index contributed by atoms with van der Waals surface area (Å²) >= 11 is 0. The van der Waals surface area contributed by atoms with Crippen molar-refractivity contribution in [3.63, 3.8) is 0 Å². The fourth-order valence-electron chi connectivity index (χ4n) is 5.92. The molecule has 4 fully saturated rings. The molecule has 0 saturated carbocycles. The summed E-state index contributed by atoms with van der Waals surface area (Å²) in [5.41, 5.74) is 3.44. The van der Waals surface area contributed by atoms with Crippen LogP contribution in [0.1, 0.15) is 35.7 Å². The highest BCUT2D eigenvalue weighted by atomic mass is 16.7. The average molecular weight is 378 g/mol. The number of benzene rings is 1. The number of fused-ring (bicyclic) bond motifs is 3. The first kappa shape index (κ1) is 16.6. The zero-order chi connectivity index (χ0) is 18.8. The van der Waals surface area contributed by atoms with Crippen LogP contribution in [0, 0.1) is 19.8 Å². The van der Waals surface area contributed by atoms with E-state index in [1.807, 2.05) is 0 Å². The molecule has 1 aromatic carbocycles. The second kappa shape index (κ2) is 6.08. The molecule has 0 unspecified atom stereocenters. The summed E-state index contributed by atoms with van der Waals surface area (Å²) in [6, 6.07) is 9.57. The van der Waals surface area contributed by atoms with E-state index in [2.05, 4.69) is 47.9 Å². The predicted molar refractivity (Wildman–Crippen MR) is 106 cm³/mol. The standard InChI is InChI=1S/C22H26N4O2/c1-13-9-14(2)24-22(23-13)26-11-17(16-3-4-18-19(10-16)28-12-27-18)21-20(26)15-5-7-25(21)8-6-15/h3-4,9-10,15,17,20-21H,5-8,11-12H2,1-2H3/t17-,20+,21+/m0/s1. The number of aryl methyl sites for hydroxylation is 2. The summed E-state index contributed by atoms with van der Waals surface area (Å²) in [5.74, 6) is 3.82. The maximum atomic E-state index is 5.67. The first-order valence-corrected chi connectivity index (χ1v) is 10.4. The van der Waals surface area contributed by atoms with Crippen LogP contribution in [0.25, 0.3) is 0 Å². The molecule has 3 atom stereocenters. The van der Waals surface area contributed by atoms with E-state index in [1.165, 1.54) is 31.5 Å². The normalized spacial score (nSPS) is 32.6. The van der Waals surface area contributed by atoms with Crippen LogP contribution in [0.2, 0.25) is 0 Å². The molecule has 7 rings (SSSR count). The van der Waals surface area contributed by atoms with Crippen LogP contribution < -0.4 is 14.4 Å². The Morgan fingerprint density at radius 3 is 2.46 bits per heavy atom. The van der Waals surface area contributed by atoms with Gasteiger partial charge in [0.05, 0.1) is 6.04 Å². The minimum Gasteiger partial charge on any atom is -0.454 e. The Kier molecular flexibility index (Phi) is 3.60. The highest BCUT2D eigenvalue weighted by Gasteiger charge is 2.54. The second-order valence-electron chi connectivity index (χ2n) is 8.68. The molecule has 0 spiro atoms.